The zero-order chi connectivity index (χ0) is 26.8. The number of nitrogens with one attached hydrogen (secondary N) is 1. The van der Waals surface area contributed by atoms with Crippen molar-refractivity contribution in [2.75, 3.05) is 37.7 Å². The van der Waals surface area contributed by atoms with Gasteiger partial charge in [0, 0.05) is 38.3 Å². The molecule has 6 rings (SSSR count). The Bertz CT molecular complexity index is 1590. The topological polar surface area (TPSA) is 72.9 Å². The summed E-state index contributed by atoms with van der Waals surface area (Å²) in [6, 6.07) is 28.7. The lowest BCUT2D eigenvalue weighted by Crippen LogP contribution is -2.56. The van der Waals surface area contributed by atoms with Gasteiger partial charge in [-0.25, -0.2) is 0 Å². The molecular weight excluding hydrogens is 486 g/mol. The summed E-state index contributed by atoms with van der Waals surface area (Å²) in [6.07, 6.45) is 1.73. The van der Waals surface area contributed by atoms with Crippen molar-refractivity contribution in [3.05, 3.63) is 90.5 Å². The Hall–Kier alpha value is -4.16. The number of piperazine rings is 1. The molecule has 0 bridgehead atoms. The van der Waals surface area contributed by atoms with Gasteiger partial charge in [-0.2, -0.15) is 0 Å². The molecule has 5 aromatic rings. The number of amides is 2. The summed E-state index contributed by atoms with van der Waals surface area (Å²) in [5.74, 6) is -0.423. The molecule has 2 N–H and O–H groups in total. The van der Waals surface area contributed by atoms with Crippen molar-refractivity contribution in [1.82, 2.24) is 10.2 Å². The van der Waals surface area contributed by atoms with E-state index in [9.17, 15) is 14.7 Å². The first-order chi connectivity index (χ1) is 19.1. The first-order valence-electron chi connectivity index (χ1n) is 13.8. The van der Waals surface area contributed by atoms with Crippen molar-refractivity contribution in [1.29, 1.82) is 0 Å². The summed E-state index contributed by atoms with van der Waals surface area (Å²) in [7, 11) is 0. The standard InChI is InChI=1S/C33H33N3O3/c37-22-29(33(39)36-20-18-35(19-21-36)27-9-2-1-3-10-27)34-30(38)11-5-6-23-12-13-26-15-14-24-7-4-8-25-16-17-28(23)32(26)31(24)25/h1-4,7-10,12-17,29,37H,5-6,11,18-22H2,(H,34,38). The van der Waals surface area contributed by atoms with Gasteiger partial charge in [0.25, 0.3) is 0 Å². The Labute approximate surface area is 228 Å². The molecule has 1 aliphatic rings. The van der Waals surface area contributed by atoms with Crippen LogP contribution in [0.2, 0.25) is 0 Å². The van der Waals surface area contributed by atoms with Gasteiger partial charge in [0.2, 0.25) is 11.8 Å². The zero-order valence-corrected chi connectivity index (χ0v) is 22.0. The number of carbonyl (C=O) groups excluding carboxylic acids is 2. The molecule has 6 nitrogen and oxygen atoms in total. The van der Waals surface area contributed by atoms with Gasteiger partial charge < -0.3 is 20.2 Å². The lowest BCUT2D eigenvalue weighted by molar-refractivity contribution is -0.137. The lowest BCUT2D eigenvalue weighted by atomic mass is 9.90. The molecule has 39 heavy (non-hydrogen) atoms. The number of rotatable bonds is 8. The third-order valence-corrected chi connectivity index (χ3v) is 8.00. The van der Waals surface area contributed by atoms with Gasteiger partial charge >= 0.3 is 0 Å². The summed E-state index contributed by atoms with van der Waals surface area (Å²) in [5, 5.41) is 20.2. The highest BCUT2D eigenvalue weighted by atomic mass is 16.3. The minimum Gasteiger partial charge on any atom is -0.394 e. The van der Waals surface area contributed by atoms with Crippen LogP contribution in [0.1, 0.15) is 18.4 Å². The molecule has 6 heteroatoms. The highest BCUT2D eigenvalue weighted by Crippen LogP contribution is 2.36. The number of para-hydroxylation sites is 1. The first-order valence-corrected chi connectivity index (χ1v) is 13.8. The predicted molar refractivity (Wildman–Crippen MR) is 157 cm³/mol. The van der Waals surface area contributed by atoms with Crippen LogP contribution in [0.25, 0.3) is 32.3 Å². The largest absolute Gasteiger partial charge is 0.394 e. The zero-order valence-electron chi connectivity index (χ0n) is 22.0. The van der Waals surface area contributed by atoms with Crippen molar-refractivity contribution in [3.8, 4) is 0 Å². The van der Waals surface area contributed by atoms with E-state index >= 15 is 0 Å². The number of aryl methyl sites for hydroxylation is 1. The molecule has 0 spiro atoms. The average Bonchev–Trinajstić information content (AvgIpc) is 2.99. The van der Waals surface area contributed by atoms with Crippen molar-refractivity contribution >= 4 is 49.8 Å². The van der Waals surface area contributed by atoms with Crippen LogP contribution in [0.15, 0.2) is 84.9 Å². The van der Waals surface area contributed by atoms with Crippen molar-refractivity contribution in [2.45, 2.75) is 25.3 Å². The Kier molecular flexibility index (Phi) is 7.03. The third-order valence-electron chi connectivity index (χ3n) is 8.00. The Morgan fingerprint density at radius 3 is 2.15 bits per heavy atom. The molecule has 0 radical (unpaired) electrons. The SMILES string of the molecule is O=C(CCCc1ccc2ccc3cccc4ccc1c2c34)NC(CO)C(=O)N1CCN(c2ccccc2)CC1. The monoisotopic (exact) mass is 519 g/mol. The highest BCUT2D eigenvalue weighted by Gasteiger charge is 2.28. The predicted octanol–water partition coefficient (Wildman–Crippen LogP) is 4.73. The molecule has 2 amide bonds. The maximum absolute atomic E-state index is 13.0. The van der Waals surface area contributed by atoms with E-state index in [2.05, 4.69) is 76.9 Å². The average molecular weight is 520 g/mol. The smallest absolute Gasteiger partial charge is 0.247 e. The second-order valence-corrected chi connectivity index (χ2v) is 10.4. The normalized spacial score (nSPS) is 14.8. The molecule has 5 aromatic carbocycles. The molecule has 1 unspecified atom stereocenters. The number of aliphatic hydroxyl groups excluding tert-OH is 1. The van der Waals surface area contributed by atoms with Crippen molar-refractivity contribution in [2.24, 2.45) is 0 Å². The van der Waals surface area contributed by atoms with E-state index < -0.39 is 12.6 Å². The summed E-state index contributed by atoms with van der Waals surface area (Å²) in [6.45, 7) is 2.17. The first kappa shape index (κ1) is 25.1. The van der Waals surface area contributed by atoms with Gasteiger partial charge in [-0.1, -0.05) is 72.8 Å². The van der Waals surface area contributed by atoms with E-state index in [0.29, 0.717) is 25.9 Å². The number of carbonyl (C=O) groups is 2. The summed E-state index contributed by atoms with van der Waals surface area (Å²) >= 11 is 0. The third kappa shape index (κ3) is 5.00. The molecular formula is C33H33N3O3. The minimum absolute atomic E-state index is 0.206. The Morgan fingerprint density at radius 2 is 1.44 bits per heavy atom. The highest BCUT2D eigenvalue weighted by molar-refractivity contribution is 6.23. The van der Waals surface area contributed by atoms with E-state index in [1.165, 1.54) is 37.9 Å². The molecule has 1 atom stereocenters. The van der Waals surface area contributed by atoms with E-state index in [4.69, 9.17) is 0 Å². The summed E-state index contributed by atoms with van der Waals surface area (Å²) in [5.41, 5.74) is 2.36. The molecule has 198 valence electrons. The van der Waals surface area contributed by atoms with Gasteiger partial charge in [-0.05, 0) is 62.9 Å². The number of nitrogens with zero attached hydrogens (tertiary/aromatic N) is 2. The van der Waals surface area contributed by atoms with Crippen LogP contribution in [-0.4, -0.2) is 60.6 Å². The number of benzene rings is 5. The molecule has 0 saturated carbocycles. The van der Waals surface area contributed by atoms with Crippen LogP contribution in [-0.2, 0) is 16.0 Å². The van der Waals surface area contributed by atoms with Gasteiger partial charge in [0.05, 0.1) is 6.61 Å². The molecule has 1 saturated heterocycles. The van der Waals surface area contributed by atoms with E-state index in [1.54, 1.807) is 4.90 Å². The van der Waals surface area contributed by atoms with Crippen LogP contribution < -0.4 is 10.2 Å². The van der Waals surface area contributed by atoms with E-state index in [-0.39, 0.29) is 11.8 Å². The van der Waals surface area contributed by atoms with Crippen molar-refractivity contribution < 1.29 is 14.7 Å². The van der Waals surface area contributed by atoms with Crippen LogP contribution in [0.3, 0.4) is 0 Å². The van der Waals surface area contributed by atoms with Gasteiger partial charge in [0.1, 0.15) is 6.04 Å². The van der Waals surface area contributed by atoms with E-state index in [1.807, 2.05) is 18.2 Å². The Balaban J connectivity index is 1.05. The molecule has 0 aromatic heterocycles. The summed E-state index contributed by atoms with van der Waals surface area (Å²) < 4.78 is 0. The van der Waals surface area contributed by atoms with Crippen molar-refractivity contribution in [3.63, 3.8) is 0 Å². The summed E-state index contributed by atoms with van der Waals surface area (Å²) in [4.78, 5) is 29.8. The Morgan fingerprint density at radius 1 is 0.769 bits per heavy atom. The van der Waals surface area contributed by atoms with E-state index in [0.717, 1.165) is 25.2 Å². The number of hydrogen-bond acceptors (Lipinski definition) is 4. The minimum atomic E-state index is -0.907. The van der Waals surface area contributed by atoms with Gasteiger partial charge in [-0.3, -0.25) is 9.59 Å². The fourth-order valence-corrected chi connectivity index (χ4v) is 5.95. The number of hydrogen-bond donors (Lipinski definition) is 2. The fourth-order valence-electron chi connectivity index (χ4n) is 5.95. The van der Waals surface area contributed by atoms with Gasteiger partial charge in [-0.15, -0.1) is 0 Å². The van der Waals surface area contributed by atoms with Crippen LogP contribution in [0, 0.1) is 0 Å². The number of aliphatic hydroxyl groups is 1. The lowest BCUT2D eigenvalue weighted by Gasteiger charge is -2.37. The number of anilines is 1. The fraction of sp³-hybridized carbons (Fsp3) is 0.273. The second-order valence-electron chi connectivity index (χ2n) is 10.4. The van der Waals surface area contributed by atoms with Crippen LogP contribution in [0.5, 0.6) is 0 Å². The maximum atomic E-state index is 13.0. The molecule has 1 heterocycles. The molecule has 1 aliphatic heterocycles. The molecule has 1 fully saturated rings. The van der Waals surface area contributed by atoms with Crippen LogP contribution in [0.4, 0.5) is 5.69 Å². The second kappa shape index (κ2) is 10.9. The quantitative estimate of drug-likeness (QED) is 0.291. The maximum Gasteiger partial charge on any atom is 0.247 e. The van der Waals surface area contributed by atoms with Gasteiger partial charge in [0.15, 0.2) is 0 Å². The molecule has 0 aliphatic carbocycles. The van der Waals surface area contributed by atoms with Crippen LogP contribution >= 0.6 is 0 Å².